The van der Waals surface area contributed by atoms with Gasteiger partial charge in [-0.3, -0.25) is 9.59 Å². The monoisotopic (exact) mass is 359 g/mol. The molecule has 0 radical (unpaired) electrons. The second-order valence-corrected chi connectivity index (χ2v) is 6.10. The molecule has 130 valence electrons. The summed E-state index contributed by atoms with van der Waals surface area (Å²) in [4.78, 5) is 24.0. The predicted molar refractivity (Wildman–Crippen MR) is 94.3 cm³/mol. The molecule has 0 bridgehead atoms. The zero-order valence-electron chi connectivity index (χ0n) is 13.6. The van der Waals surface area contributed by atoms with E-state index in [-0.39, 0.29) is 31.3 Å². The Morgan fingerprint density at radius 2 is 1.84 bits per heavy atom. The van der Waals surface area contributed by atoms with Gasteiger partial charge in [0, 0.05) is 24.9 Å². The van der Waals surface area contributed by atoms with Crippen LogP contribution in [0.1, 0.15) is 28.8 Å². The van der Waals surface area contributed by atoms with E-state index in [0.717, 1.165) is 17.1 Å². The number of carbonyl (C=O) groups excluding carboxylic acids is 2. The topological polar surface area (TPSA) is 64.6 Å². The summed E-state index contributed by atoms with van der Waals surface area (Å²) in [6, 6.07) is 12.6. The third kappa shape index (κ3) is 4.51. The van der Waals surface area contributed by atoms with Crippen LogP contribution in [0.4, 0.5) is 0 Å². The summed E-state index contributed by atoms with van der Waals surface area (Å²) >= 11 is 5.99. The molecule has 1 N–H and O–H groups in total. The number of ether oxygens (including phenoxy) is 2. The Balaban J connectivity index is 1.41. The van der Waals surface area contributed by atoms with Gasteiger partial charge in [0.25, 0.3) is 0 Å². The molecular formula is C19H18ClNO4. The fourth-order valence-electron chi connectivity index (χ4n) is 2.58. The van der Waals surface area contributed by atoms with Crippen molar-refractivity contribution in [3.8, 4) is 11.5 Å². The molecule has 3 rings (SSSR count). The average molecular weight is 360 g/mol. The molecule has 2 aromatic carbocycles. The van der Waals surface area contributed by atoms with Crippen molar-refractivity contribution in [2.45, 2.75) is 19.3 Å². The zero-order valence-corrected chi connectivity index (χ0v) is 14.3. The molecule has 25 heavy (non-hydrogen) atoms. The van der Waals surface area contributed by atoms with Gasteiger partial charge in [-0.2, -0.15) is 0 Å². The van der Waals surface area contributed by atoms with Gasteiger partial charge in [0.15, 0.2) is 17.3 Å². The standard InChI is InChI=1S/C19H18ClNO4/c20-15-4-2-1-3-14(15)16(22)6-8-19(23)21-10-9-13-5-7-17-18(11-13)25-12-24-17/h1-5,7,11H,6,8-10,12H2,(H,21,23). The maximum Gasteiger partial charge on any atom is 0.231 e. The largest absolute Gasteiger partial charge is 0.454 e. The van der Waals surface area contributed by atoms with Gasteiger partial charge in [0.1, 0.15) is 0 Å². The summed E-state index contributed by atoms with van der Waals surface area (Å²) in [5.74, 6) is 1.19. The Bertz CT molecular complexity index is 791. The van der Waals surface area contributed by atoms with Crippen molar-refractivity contribution < 1.29 is 19.1 Å². The molecule has 2 aromatic rings. The highest BCUT2D eigenvalue weighted by atomic mass is 35.5. The highest BCUT2D eigenvalue weighted by Gasteiger charge is 2.14. The van der Waals surface area contributed by atoms with Gasteiger partial charge in [-0.15, -0.1) is 0 Å². The van der Waals surface area contributed by atoms with Crippen molar-refractivity contribution >= 4 is 23.3 Å². The van der Waals surface area contributed by atoms with Crippen LogP contribution in [0.3, 0.4) is 0 Å². The molecule has 1 amide bonds. The summed E-state index contributed by atoms with van der Waals surface area (Å²) in [6.07, 6.45) is 0.964. The van der Waals surface area contributed by atoms with E-state index in [2.05, 4.69) is 5.32 Å². The fraction of sp³-hybridized carbons (Fsp3) is 0.263. The minimum absolute atomic E-state index is 0.128. The highest BCUT2D eigenvalue weighted by Crippen LogP contribution is 2.32. The second kappa shape index (κ2) is 8.03. The number of halogens is 1. The molecule has 0 spiro atoms. The van der Waals surface area contributed by atoms with E-state index in [1.807, 2.05) is 18.2 Å². The van der Waals surface area contributed by atoms with Gasteiger partial charge in [-0.05, 0) is 36.2 Å². The normalized spacial score (nSPS) is 12.0. The second-order valence-electron chi connectivity index (χ2n) is 5.69. The molecule has 5 nitrogen and oxygen atoms in total. The number of ketones is 1. The van der Waals surface area contributed by atoms with Gasteiger partial charge in [-0.25, -0.2) is 0 Å². The van der Waals surface area contributed by atoms with Crippen LogP contribution in [0.5, 0.6) is 11.5 Å². The Morgan fingerprint density at radius 3 is 2.68 bits per heavy atom. The van der Waals surface area contributed by atoms with Crippen molar-refractivity contribution in [3.05, 3.63) is 58.6 Å². The van der Waals surface area contributed by atoms with Gasteiger partial charge >= 0.3 is 0 Å². The first-order chi connectivity index (χ1) is 12.1. The highest BCUT2D eigenvalue weighted by molar-refractivity contribution is 6.34. The van der Waals surface area contributed by atoms with Crippen LogP contribution in [0, 0.1) is 0 Å². The number of rotatable bonds is 7. The number of carbonyl (C=O) groups is 2. The van der Waals surface area contributed by atoms with Crippen LogP contribution < -0.4 is 14.8 Å². The third-order valence-corrected chi connectivity index (χ3v) is 4.26. The zero-order chi connectivity index (χ0) is 17.6. The fourth-order valence-corrected chi connectivity index (χ4v) is 2.82. The molecule has 6 heteroatoms. The summed E-state index contributed by atoms with van der Waals surface area (Å²) in [6.45, 7) is 0.744. The molecule has 0 unspecified atom stereocenters. The van der Waals surface area contributed by atoms with Gasteiger partial charge < -0.3 is 14.8 Å². The van der Waals surface area contributed by atoms with Crippen molar-refractivity contribution in [1.29, 1.82) is 0 Å². The van der Waals surface area contributed by atoms with Crippen molar-refractivity contribution in [1.82, 2.24) is 5.32 Å². The molecule has 0 saturated heterocycles. The number of hydrogen-bond acceptors (Lipinski definition) is 4. The van der Waals surface area contributed by atoms with Gasteiger partial charge in [0.05, 0.1) is 5.02 Å². The number of Topliss-reactive ketones (excluding diaryl/α,β-unsaturated/α-hetero) is 1. The van der Waals surface area contributed by atoms with E-state index in [9.17, 15) is 9.59 Å². The number of fused-ring (bicyclic) bond motifs is 1. The van der Waals surface area contributed by atoms with E-state index < -0.39 is 0 Å². The first kappa shape index (κ1) is 17.3. The van der Waals surface area contributed by atoms with Gasteiger partial charge in [0.2, 0.25) is 12.7 Å². The lowest BCUT2D eigenvalue weighted by Crippen LogP contribution is -2.26. The quantitative estimate of drug-likeness (QED) is 0.769. The maximum absolute atomic E-state index is 12.1. The smallest absolute Gasteiger partial charge is 0.231 e. The Labute approximate surface area is 150 Å². The number of hydrogen-bond donors (Lipinski definition) is 1. The summed E-state index contributed by atoms with van der Waals surface area (Å²) < 4.78 is 10.6. The third-order valence-electron chi connectivity index (χ3n) is 3.93. The summed E-state index contributed by atoms with van der Waals surface area (Å²) in [5, 5.41) is 3.24. The predicted octanol–water partition coefficient (Wildman–Crippen LogP) is 3.39. The summed E-state index contributed by atoms with van der Waals surface area (Å²) in [7, 11) is 0. The number of benzene rings is 2. The molecule has 1 aliphatic rings. The molecule has 0 saturated carbocycles. The Morgan fingerprint density at radius 1 is 1.04 bits per heavy atom. The molecule has 0 fully saturated rings. The van der Waals surface area contributed by atoms with E-state index in [1.54, 1.807) is 24.3 Å². The SMILES string of the molecule is O=C(CCC(=O)c1ccccc1Cl)NCCc1ccc2c(c1)OCO2. The molecule has 0 atom stereocenters. The Hall–Kier alpha value is -2.53. The minimum Gasteiger partial charge on any atom is -0.454 e. The lowest BCUT2D eigenvalue weighted by atomic mass is 10.1. The van der Waals surface area contributed by atoms with E-state index >= 15 is 0 Å². The van der Waals surface area contributed by atoms with E-state index in [4.69, 9.17) is 21.1 Å². The van der Waals surface area contributed by atoms with Crippen molar-refractivity contribution in [2.24, 2.45) is 0 Å². The first-order valence-electron chi connectivity index (χ1n) is 8.06. The van der Waals surface area contributed by atoms with Crippen LogP contribution in [-0.2, 0) is 11.2 Å². The Kier molecular flexibility index (Phi) is 5.56. The van der Waals surface area contributed by atoms with Crippen LogP contribution in [-0.4, -0.2) is 25.0 Å². The van der Waals surface area contributed by atoms with Crippen molar-refractivity contribution in [3.63, 3.8) is 0 Å². The lowest BCUT2D eigenvalue weighted by molar-refractivity contribution is -0.121. The minimum atomic E-state index is -0.152. The molecule has 0 aromatic heterocycles. The van der Waals surface area contributed by atoms with E-state index in [1.165, 1.54) is 0 Å². The van der Waals surface area contributed by atoms with Crippen LogP contribution in [0.2, 0.25) is 5.02 Å². The lowest BCUT2D eigenvalue weighted by Gasteiger charge is -2.07. The van der Waals surface area contributed by atoms with Crippen LogP contribution in [0.25, 0.3) is 0 Å². The van der Waals surface area contributed by atoms with Gasteiger partial charge in [-0.1, -0.05) is 29.8 Å². The van der Waals surface area contributed by atoms with E-state index in [0.29, 0.717) is 23.6 Å². The summed E-state index contributed by atoms with van der Waals surface area (Å²) in [5.41, 5.74) is 1.51. The van der Waals surface area contributed by atoms with Crippen LogP contribution >= 0.6 is 11.6 Å². The first-order valence-corrected chi connectivity index (χ1v) is 8.44. The average Bonchev–Trinajstić information content (AvgIpc) is 3.08. The molecule has 0 aliphatic carbocycles. The number of amides is 1. The van der Waals surface area contributed by atoms with Crippen molar-refractivity contribution in [2.75, 3.05) is 13.3 Å². The van der Waals surface area contributed by atoms with Crippen LogP contribution in [0.15, 0.2) is 42.5 Å². The molecule has 1 heterocycles. The molecular weight excluding hydrogens is 342 g/mol. The molecule has 1 aliphatic heterocycles. The maximum atomic E-state index is 12.1. The number of nitrogens with one attached hydrogen (secondary N) is 1.